The number of aliphatic hydroxyl groups is 1. The van der Waals surface area contributed by atoms with Crippen LogP contribution in [0.3, 0.4) is 0 Å². The van der Waals surface area contributed by atoms with Crippen molar-refractivity contribution in [2.24, 2.45) is 17.3 Å². The van der Waals surface area contributed by atoms with Crippen molar-refractivity contribution in [3.63, 3.8) is 0 Å². The molecule has 0 aliphatic heterocycles. The van der Waals surface area contributed by atoms with E-state index >= 15 is 0 Å². The summed E-state index contributed by atoms with van der Waals surface area (Å²) in [6.07, 6.45) is 1.80. The van der Waals surface area contributed by atoms with Gasteiger partial charge in [0.05, 0.1) is 0 Å². The summed E-state index contributed by atoms with van der Waals surface area (Å²) < 4.78 is 0. The Morgan fingerprint density at radius 3 is 2.55 bits per heavy atom. The summed E-state index contributed by atoms with van der Waals surface area (Å²) >= 11 is 0. The molecule has 62 valence electrons. The number of ketones is 1. The first-order valence-electron chi connectivity index (χ1n) is 3.81. The van der Waals surface area contributed by atoms with Crippen LogP contribution >= 0.6 is 0 Å². The molecule has 0 spiro atoms. The van der Waals surface area contributed by atoms with Gasteiger partial charge in [0.2, 0.25) is 0 Å². The Bertz CT molecular complexity index is 194. The Hall–Kier alpha value is -0.630. The molecule has 1 saturated carbocycles. The van der Waals surface area contributed by atoms with Gasteiger partial charge >= 0.3 is 0 Å². The lowest BCUT2D eigenvalue weighted by Crippen LogP contribution is -2.10. The molecule has 2 nitrogen and oxygen atoms in total. The lowest BCUT2D eigenvalue weighted by Gasteiger charge is -1.97. The van der Waals surface area contributed by atoms with Gasteiger partial charge in [-0.2, -0.15) is 0 Å². The van der Waals surface area contributed by atoms with Crippen molar-refractivity contribution in [3.8, 4) is 0 Å². The van der Waals surface area contributed by atoms with Gasteiger partial charge in [-0.15, -0.1) is 6.58 Å². The maximum absolute atomic E-state index is 11.1. The maximum Gasteiger partial charge on any atom is 0.162 e. The highest BCUT2D eigenvalue weighted by Gasteiger charge is 2.59. The second-order valence-corrected chi connectivity index (χ2v) is 3.68. The van der Waals surface area contributed by atoms with Crippen molar-refractivity contribution in [1.29, 1.82) is 0 Å². The standard InChI is InChI=1S/C9H14O2/c1-4-6-8(7(11)5-10)9(6,2)3/h4,6,8,10H,1,5H2,2-3H3/t6-,8+/m1/s1. The fourth-order valence-corrected chi connectivity index (χ4v) is 1.83. The summed E-state index contributed by atoms with van der Waals surface area (Å²) in [7, 11) is 0. The lowest BCUT2D eigenvalue weighted by atomic mass is 10.1. The molecule has 0 unspecified atom stereocenters. The zero-order valence-electron chi connectivity index (χ0n) is 7.00. The molecule has 0 aromatic rings. The van der Waals surface area contributed by atoms with E-state index in [9.17, 15) is 4.79 Å². The minimum Gasteiger partial charge on any atom is -0.389 e. The topological polar surface area (TPSA) is 37.3 Å². The van der Waals surface area contributed by atoms with Gasteiger partial charge in [-0.05, 0) is 11.3 Å². The highest BCUT2D eigenvalue weighted by Crippen LogP contribution is 2.59. The zero-order valence-corrected chi connectivity index (χ0v) is 7.00. The molecule has 2 atom stereocenters. The molecule has 0 radical (unpaired) electrons. The van der Waals surface area contributed by atoms with Gasteiger partial charge in [0.15, 0.2) is 5.78 Å². The molecule has 2 heteroatoms. The Labute approximate surface area is 66.9 Å². The van der Waals surface area contributed by atoms with E-state index in [0.29, 0.717) is 0 Å². The highest BCUT2D eigenvalue weighted by molar-refractivity contribution is 5.86. The van der Waals surface area contributed by atoms with Crippen LogP contribution in [-0.2, 0) is 4.79 Å². The fourth-order valence-electron chi connectivity index (χ4n) is 1.83. The molecule has 0 saturated heterocycles. The molecule has 0 heterocycles. The number of Topliss-reactive ketones (excluding diaryl/α,β-unsaturated/α-hetero) is 1. The van der Waals surface area contributed by atoms with Gasteiger partial charge < -0.3 is 5.11 Å². The van der Waals surface area contributed by atoms with Gasteiger partial charge in [0.25, 0.3) is 0 Å². The monoisotopic (exact) mass is 154 g/mol. The average molecular weight is 154 g/mol. The first-order valence-corrected chi connectivity index (χ1v) is 3.81. The van der Waals surface area contributed by atoms with E-state index in [1.54, 1.807) is 6.08 Å². The first-order chi connectivity index (χ1) is 5.05. The van der Waals surface area contributed by atoms with E-state index in [4.69, 9.17) is 5.11 Å². The van der Waals surface area contributed by atoms with E-state index in [1.807, 2.05) is 13.8 Å². The van der Waals surface area contributed by atoms with E-state index in [-0.39, 0.29) is 29.6 Å². The van der Waals surface area contributed by atoms with E-state index in [1.165, 1.54) is 0 Å². The van der Waals surface area contributed by atoms with Gasteiger partial charge in [-0.1, -0.05) is 19.9 Å². The van der Waals surface area contributed by atoms with Crippen molar-refractivity contribution in [3.05, 3.63) is 12.7 Å². The minimum absolute atomic E-state index is 0.00463. The van der Waals surface area contributed by atoms with Gasteiger partial charge in [0, 0.05) is 5.92 Å². The highest BCUT2D eigenvalue weighted by atomic mass is 16.3. The lowest BCUT2D eigenvalue weighted by molar-refractivity contribution is -0.123. The molecule has 1 rings (SSSR count). The van der Waals surface area contributed by atoms with E-state index in [2.05, 4.69) is 6.58 Å². The SMILES string of the molecule is C=C[C@@H]1[C@@H](C(=O)CO)C1(C)C. The number of hydrogen-bond donors (Lipinski definition) is 1. The van der Waals surface area contributed by atoms with Crippen molar-refractivity contribution in [2.45, 2.75) is 13.8 Å². The van der Waals surface area contributed by atoms with Crippen LogP contribution in [0.15, 0.2) is 12.7 Å². The Morgan fingerprint density at radius 2 is 2.27 bits per heavy atom. The number of hydrogen-bond acceptors (Lipinski definition) is 2. The maximum atomic E-state index is 11.1. The van der Waals surface area contributed by atoms with Crippen LogP contribution in [0.5, 0.6) is 0 Å². The first kappa shape index (κ1) is 8.47. The summed E-state index contributed by atoms with van der Waals surface area (Å²) in [5, 5.41) is 8.61. The largest absolute Gasteiger partial charge is 0.389 e. The summed E-state index contributed by atoms with van der Waals surface area (Å²) in [5.41, 5.74) is 0.0293. The Morgan fingerprint density at radius 1 is 1.73 bits per heavy atom. The van der Waals surface area contributed by atoms with E-state index < -0.39 is 0 Å². The van der Waals surface area contributed by atoms with Gasteiger partial charge in [0.1, 0.15) is 6.61 Å². The predicted molar refractivity (Wildman–Crippen MR) is 43.1 cm³/mol. The van der Waals surface area contributed by atoms with Crippen LogP contribution in [-0.4, -0.2) is 17.5 Å². The van der Waals surface area contributed by atoms with Crippen LogP contribution < -0.4 is 0 Å². The molecular formula is C9H14O2. The van der Waals surface area contributed by atoms with Crippen molar-refractivity contribution < 1.29 is 9.90 Å². The third-order valence-electron chi connectivity index (χ3n) is 2.67. The van der Waals surface area contributed by atoms with Crippen LogP contribution in [0, 0.1) is 17.3 Å². The molecule has 0 aromatic carbocycles. The number of rotatable bonds is 3. The molecule has 0 bridgehead atoms. The molecule has 11 heavy (non-hydrogen) atoms. The van der Waals surface area contributed by atoms with Gasteiger partial charge in [-0.25, -0.2) is 0 Å². The number of carbonyl (C=O) groups excluding carboxylic acids is 1. The fraction of sp³-hybridized carbons (Fsp3) is 0.667. The Kier molecular flexibility index (Phi) is 1.89. The molecule has 0 amide bonds. The number of aliphatic hydroxyl groups excluding tert-OH is 1. The minimum atomic E-state index is -0.335. The summed E-state index contributed by atoms with van der Waals surface area (Å²) in [4.78, 5) is 11.1. The van der Waals surface area contributed by atoms with Crippen molar-refractivity contribution in [2.75, 3.05) is 6.61 Å². The van der Waals surface area contributed by atoms with Crippen LogP contribution in [0.1, 0.15) is 13.8 Å². The quantitative estimate of drug-likeness (QED) is 0.616. The smallest absolute Gasteiger partial charge is 0.162 e. The van der Waals surface area contributed by atoms with Crippen molar-refractivity contribution >= 4 is 5.78 Å². The third-order valence-corrected chi connectivity index (χ3v) is 2.67. The molecule has 1 fully saturated rings. The van der Waals surface area contributed by atoms with Crippen LogP contribution in [0.25, 0.3) is 0 Å². The predicted octanol–water partition coefficient (Wildman–Crippen LogP) is 1.01. The van der Waals surface area contributed by atoms with Crippen LogP contribution in [0.2, 0.25) is 0 Å². The normalized spacial score (nSPS) is 33.0. The second kappa shape index (κ2) is 2.45. The molecule has 0 aromatic heterocycles. The zero-order chi connectivity index (χ0) is 8.65. The summed E-state index contributed by atoms with van der Waals surface area (Å²) in [5.74, 6) is 0.215. The number of carbonyl (C=O) groups is 1. The van der Waals surface area contributed by atoms with Gasteiger partial charge in [-0.3, -0.25) is 4.79 Å². The molecule has 1 aliphatic rings. The molecule has 1 N–H and O–H groups in total. The average Bonchev–Trinajstić information content (AvgIpc) is 2.51. The molecular weight excluding hydrogens is 140 g/mol. The summed E-state index contributed by atoms with van der Waals surface area (Å²) in [6, 6.07) is 0. The Balaban J connectivity index is 2.66. The van der Waals surface area contributed by atoms with Crippen LogP contribution in [0.4, 0.5) is 0 Å². The third kappa shape index (κ3) is 1.11. The van der Waals surface area contributed by atoms with Crippen molar-refractivity contribution in [1.82, 2.24) is 0 Å². The second-order valence-electron chi connectivity index (χ2n) is 3.68. The molecule has 1 aliphatic carbocycles. The summed E-state index contributed by atoms with van der Waals surface area (Å²) in [6.45, 7) is 7.37. The number of allylic oxidation sites excluding steroid dienone is 1. The van der Waals surface area contributed by atoms with E-state index in [0.717, 1.165) is 0 Å².